The molecule has 1 amide bonds. The molecule has 2 aliphatic heterocycles. The molecule has 1 aromatic heterocycles. The van der Waals surface area contributed by atoms with Crippen molar-refractivity contribution in [2.45, 2.75) is 59.0 Å². The van der Waals surface area contributed by atoms with Crippen LogP contribution in [0.3, 0.4) is 0 Å². The number of hydrogen-bond acceptors (Lipinski definition) is 5. The number of rotatable bonds is 4. The zero-order valence-corrected chi connectivity index (χ0v) is 21.3. The summed E-state index contributed by atoms with van der Waals surface area (Å²) >= 11 is 0. The number of amides is 1. The molecule has 34 heavy (non-hydrogen) atoms. The molecule has 0 aromatic carbocycles. The zero-order chi connectivity index (χ0) is 24.5. The molecule has 0 bridgehead atoms. The quantitative estimate of drug-likeness (QED) is 0.713. The molecule has 0 spiro atoms. The average Bonchev–Trinajstić information content (AvgIpc) is 3.23. The molecule has 7 heteroatoms. The standard InChI is InChI=1S/C27H39N5O2/c1-18-7-8-21(31(6)26(33)20(3)32-13-14-34-17-19(32)2)10-12-28-23(15-18)25-22-9-11-27(4,5)16-24(22)29-30-25/h7-8,10,15,19-20,28H,1,9,11-14,16-17H2,2-6H3,(H,29,30)/b8-7-,21-10+,23-15-. The fraction of sp³-hybridized carbons (Fsp3) is 0.556. The second-order valence-corrected chi connectivity index (χ2v) is 10.6. The Morgan fingerprint density at radius 1 is 1.38 bits per heavy atom. The van der Waals surface area contributed by atoms with Crippen molar-refractivity contribution < 1.29 is 9.53 Å². The van der Waals surface area contributed by atoms with Gasteiger partial charge in [0.05, 0.1) is 25.0 Å². The molecule has 0 saturated carbocycles. The highest BCUT2D eigenvalue weighted by Gasteiger charge is 2.31. The first-order valence-electron chi connectivity index (χ1n) is 12.4. The van der Waals surface area contributed by atoms with Gasteiger partial charge in [-0.2, -0.15) is 5.10 Å². The number of ether oxygens (including phenoxy) is 1. The van der Waals surface area contributed by atoms with Crippen LogP contribution in [0.4, 0.5) is 0 Å². The number of nitrogens with zero attached hydrogens (tertiary/aromatic N) is 3. The van der Waals surface area contributed by atoms with E-state index in [2.05, 4.69) is 53.8 Å². The van der Waals surface area contributed by atoms with Crippen LogP contribution in [0.5, 0.6) is 0 Å². The Bertz CT molecular complexity index is 1030. The number of aromatic amines is 1. The highest BCUT2D eigenvalue weighted by Crippen LogP contribution is 2.36. The molecule has 1 aliphatic carbocycles. The number of likely N-dealkylation sites (N-methyl/N-ethyl adjacent to an activating group) is 1. The monoisotopic (exact) mass is 465 g/mol. The lowest BCUT2D eigenvalue weighted by atomic mass is 9.76. The summed E-state index contributed by atoms with van der Waals surface area (Å²) in [5.41, 5.74) is 6.51. The second-order valence-electron chi connectivity index (χ2n) is 10.6. The van der Waals surface area contributed by atoms with E-state index in [0.717, 1.165) is 48.5 Å². The van der Waals surface area contributed by atoms with Crippen molar-refractivity contribution >= 4 is 11.6 Å². The van der Waals surface area contributed by atoms with Crippen LogP contribution in [-0.2, 0) is 22.4 Å². The van der Waals surface area contributed by atoms with E-state index in [1.807, 2.05) is 32.2 Å². The highest BCUT2D eigenvalue weighted by molar-refractivity contribution is 5.83. The smallest absolute Gasteiger partial charge is 0.243 e. The number of aromatic nitrogens is 2. The van der Waals surface area contributed by atoms with E-state index in [1.165, 1.54) is 11.3 Å². The largest absolute Gasteiger partial charge is 0.380 e. The molecule has 1 saturated heterocycles. The number of carbonyl (C=O) groups is 1. The average molecular weight is 466 g/mol. The minimum Gasteiger partial charge on any atom is -0.380 e. The molecule has 1 aromatic rings. The van der Waals surface area contributed by atoms with E-state index in [0.29, 0.717) is 25.2 Å². The van der Waals surface area contributed by atoms with Gasteiger partial charge in [0.15, 0.2) is 0 Å². The molecular weight excluding hydrogens is 426 g/mol. The second kappa shape index (κ2) is 9.92. The topological polar surface area (TPSA) is 73.5 Å². The first-order chi connectivity index (χ1) is 16.2. The van der Waals surface area contributed by atoms with Crippen LogP contribution in [0, 0.1) is 5.41 Å². The fourth-order valence-corrected chi connectivity index (χ4v) is 5.15. The van der Waals surface area contributed by atoms with Crippen LogP contribution in [0.1, 0.15) is 51.1 Å². The molecule has 0 radical (unpaired) electrons. The summed E-state index contributed by atoms with van der Waals surface area (Å²) in [5.74, 6) is 0.0756. The van der Waals surface area contributed by atoms with Crippen LogP contribution in [0.2, 0.25) is 0 Å². The molecule has 7 nitrogen and oxygen atoms in total. The fourth-order valence-electron chi connectivity index (χ4n) is 5.15. The predicted molar refractivity (Wildman–Crippen MR) is 136 cm³/mol. The number of hydrogen-bond donors (Lipinski definition) is 2. The van der Waals surface area contributed by atoms with Crippen molar-refractivity contribution in [1.82, 2.24) is 25.3 Å². The number of H-pyrrole nitrogens is 1. The summed E-state index contributed by atoms with van der Waals surface area (Å²) in [6, 6.07) is 0.0141. The molecule has 2 unspecified atom stereocenters. The Labute approximate surface area is 203 Å². The summed E-state index contributed by atoms with van der Waals surface area (Å²) in [4.78, 5) is 17.3. The third kappa shape index (κ3) is 5.20. The predicted octanol–water partition coefficient (Wildman–Crippen LogP) is 3.43. The number of nitrogens with one attached hydrogen (secondary N) is 2. The van der Waals surface area contributed by atoms with E-state index >= 15 is 0 Å². The number of carbonyl (C=O) groups excluding carboxylic acids is 1. The van der Waals surface area contributed by atoms with Crippen molar-refractivity contribution in [1.29, 1.82) is 0 Å². The maximum atomic E-state index is 13.3. The Morgan fingerprint density at radius 3 is 2.94 bits per heavy atom. The molecule has 4 rings (SSSR count). The van der Waals surface area contributed by atoms with Gasteiger partial charge in [-0.25, -0.2) is 0 Å². The van der Waals surface area contributed by atoms with Crippen molar-refractivity contribution in [2.24, 2.45) is 5.41 Å². The van der Waals surface area contributed by atoms with Gasteiger partial charge in [-0.1, -0.05) is 26.5 Å². The van der Waals surface area contributed by atoms with Gasteiger partial charge in [-0.15, -0.1) is 0 Å². The molecule has 2 N–H and O–H groups in total. The van der Waals surface area contributed by atoms with E-state index in [9.17, 15) is 4.79 Å². The molecule has 1 fully saturated rings. The van der Waals surface area contributed by atoms with Crippen molar-refractivity contribution in [3.63, 3.8) is 0 Å². The number of morpholine rings is 1. The van der Waals surface area contributed by atoms with Gasteiger partial charge in [0.25, 0.3) is 0 Å². The lowest BCUT2D eigenvalue weighted by Gasteiger charge is -2.38. The van der Waals surface area contributed by atoms with Crippen LogP contribution in [0.15, 0.2) is 42.2 Å². The van der Waals surface area contributed by atoms with Crippen LogP contribution < -0.4 is 5.32 Å². The lowest BCUT2D eigenvalue weighted by Crippen LogP contribution is -2.53. The van der Waals surface area contributed by atoms with Gasteiger partial charge in [0.2, 0.25) is 5.91 Å². The Morgan fingerprint density at radius 2 is 2.18 bits per heavy atom. The first kappa shape index (κ1) is 24.5. The molecule has 3 aliphatic rings. The van der Waals surface area contributed by atoms with Crippen LogP contribution in [-0.4, -0.2) is 71.3 Å². The van der Waals surface area contributed by atoms with Gasteiger partial charge in [0, 0.05) is 43.1 Å². The normalized spacial score (nSPS) is 28.0. The van der Waals surface area contributed by atoms with Crippen molar-refractivity contribution in [3.05, 3.63) is 59.1 Å². The number of fused-ring (bicyclic) bond motifs is 1. The summed E-state index contributed by atoms with van der Waals surface area (Å²) in [7, 11) is 1.85. The molecule has 2 atom stereocenters. The van der Waals surface area contributed by atoms with E-state index < -0.39 is 0 Å². The lowest BCUT2D eigenvalue weighted by molar-refractivity contribution is -0.136. The van der Waals surface area contributed by atoms with Crippen molar-refractivity contribution in [2.75, 3.05) is 33.4 Å². The summed E-state index contributed by atoms with van der Waals surface area (Å²) < 4.78 is 5.54. The number of allylic oxidation sites excluding steroid dienone is 4. The molecular formula is C27H39N5O2. The van der Waals surface area contributed by atoms with Gasteiger partial charge < -0.3 is 15.0 Å². The van der Waals surface area contributed by atoms with Crippen LogP contribution >= 0.6 is 0 Å². The van der Waals surface area contributed by atoms with Gasteiger partial charge in [-0.05, 0) is 62.3 Å². The van der Waals surface area contributed by atoms with E-state index in [4.69, 9.17) is 4.74 Å². The van der Waals surface area contributed by atoms with Crippen LogP contribution in [0.25, 0.3) is 5.70 Å². The van der Waals surface area contributed by atoms with E-state index in [-0.39, 0.29) is 18.0 Å². The maximum absolute atomic E-state index is 13.3. The van der Waals surface area contributed by atoms with Gasteiger partial charge in [-0.3, -0.25) is 14.8 Å². The Balaban J connectivity index is 1.49. The Kier molecular flexibility index (Phi) is 7.14. The minimum absolute atomic E-state index is 0.0756. The SMILES string of the molecule is C=C1/C=C\C(N(C)C(=O)C(C)N2CCOCC2C)=C/CN/C(c2n[nH]c3c2CCC(C)(C)C3)=C\1. The summed E-state index contributed by atoms with van der Waals surface area (Å²) in [6.07, 6.45) is 11.2. The Hall–Kier alpha value is -2.64. The third-order valence-electron chi connectivity index (χ3n) is 7.31. The minimum atomic E-state index is -0.212. The molecule has 184 valence electrons. The summed E-state index contributed by atoms with van der Waals surface area (Å²) in [6.45, 7) is 15.6. The zero-order valence-electron chi connectivity index (χ0n) is 21.3. The summed E-state index contributed by atoms with van der Waals surface area (Å²) in [5, 5.41) is 11.5. The maximum Gasteiger partial charge on any atom is 0.243 e. The van der Waals surface area contributed by atoms with Gasteiger partial charge >= 0.3 is 0 Å². The highest BCUT2D eigenvalue weighted by atomic mass is 16.5. The first-order valence-corrected chi connectivity index (χ1v) is 12.4. The van der Waals surface area contributed by atoms with E-state index in [1.54, 1.807) is 4.90 Å². The van der Waals surface area contributed by atoms with Crippen molar-refractivity contribution in [3.8, 4) is 0 Å². The third-order valence-corrected chi connectivity index (χ3v) is 7.31. The molecule has 3 heterocycles. The van der Waals surface area contributed by atoms with Gasteiger partial charge in [0.1, 0.15) is 5.69 Å².